The van der Waals surface area contributed by atoms with Crippen LogP contribution in [0.15, 0.2) is 24.3 Å². The minimum atomic E-state index is -0.335. The van der Waals surface area contributed by atoms with Gasteiger partial charge in [0.15, 0.2) is 5.75 Å². The minimum Gasteiger partial charge on any atom is -0.423 e. The van der Waals surface area contributed by atoms with Crippen LogP contribution in [0, 0.1) is 5.92 Å². The van der Waals surface area contributed by atoms with Gasteiger partial charge in [-0.2, -0.15) is 0 Å². The Morgan fingerprint density at radius 2 is 2.15 bits per heavy atom. The number of esters is 1. The van der Waals surface area contributed by atoms with Crippen molar-refractivity contribution in [2.24, 2.45) is 5.92 Å². The molecule has 0 fully saturated rings. The molecule has 0 saturated carbocycles. The number of nitrogens with one attached hydrogen (secondary N) is 1. The molecule has 0 atom stereocenters. The molecule has 0 aliphatic carbocycles. The Morgan fingerprint density at radius 3 is 2.90 bits per heavy atom. The normalized spacial score (nSPS) is 13.9. The number of fused-ring (bicyclic) bond motifs is 1. The summed E-state index contributed by atoms with van der Waals surface area (Å²) >= 11 is 0. The standard InChI is InChI=1S/C15H20N2O3/c1-11(2)7-8-16-14(18)9-17-10-15(19)20-13-6-4-3-5-12(13)17/h3-6,11H,7-10H2,1-2H3,(H,16,18). The fourth-order valence-electron chi connectivity index (χ4n) is 2.07. The van der Waals surface area contributed by atoms with Crippen molar-refractivity contribution >= 4 is 17.6 Å². The maximum atomic E-state index is 11.9. The lowest BCUT2D eigenvalue weighted by Crippen LogP contribution is -2.43. The average molecular weight is 276 g/mol. The highest BCUT2D eigenvalue weighted by Crippen LogP contribution is 2.30. The fraction of sp³-hybridized carbons (Fsp3) is 0.467. The van der Waals surface area contributed by atoms with Gasteiger partial charge in [0.2, 0.25) is 5.91 Å². The van der Waals surface area contributed by atoms with Crippen LogP contribution in [-0.2, 0) is 9.59 Å². The monoisotopic (exact) mass is 276 g/mol. The van der Waals surface area contributed by atoms with Gasteiger partial charge < -0.3 is 15.0 Å². The molecule has 0 spiro atoms. The number of carbonyl (C=O) groups excluding carboxylic acids is 2. The van der Waals surface area contributed by atoms with Gasteiger partial charge in [-0.3, -0.25) is 4.79 Å². The molecule has 0 radical (unpaired) electrons. The molecule has 1 aromatic carbocycles. The average Bonchev–Trinajstić information content (AvgIpc) is 2.38. The highest BCUT2D eigenvalue weighted by molar-refractivity contribution is 5.89. The van der Waals surface area contributed by atoms with Crippen LogP contribution >= 0.6 is 0 Å². The molecule has 1 amide bonds. The molecule has 1 aliphatic heterocycles. The van der Waals surface area contributed by atoms with Crippen LogP contribution in [0.3, 0.4) is 0 Å². The van der Waals surface area contributed by atoms with E-state index in [0.717, 1.165) is 12.1 Å². The largest absolute Gasteiger partial charge is 0.423 e. The van der Waals surface area contributed by atoms with Gasteiger partial charge in [0.25, 0.3) is 0 Å². The number of ether oxygens (including phenoxy) is 1. The Labute approximate surface area is 118 Å². The first-order valence-corrected chi connectivity index (χ1v) is 6.87. The Hall–Kier alpha value is -2.04. The second-order valence-electron chi connectivity index (χ2n) is 5.33. The van der Waals surface area contributed by atoms with Gasteiger partial charge >= 0.3 is 5.97 Å². The second-order valence-corrected chi connectivity index (χ2v) is 5.33. The molecule has 1 aliphatic rings. The number of rotatable bonds is 5. The van der Waals surface area contributed by atoms with Gasteiger partial charge in [-0.05, 0) is 24.5 Å². The maximum Gasteiger partial charge on any atom is 0.331 e. The third-order valence-electron chi connectivity index (χ3n) is 3.13. The molecule has 1 N–H and O–H groups in total. The van der Waals surface area contributed by atoms with Gasteiger partial charge in [0.05, 0.1) is 12.2 Å². The zero-order valence-electron chi connectivity index (χ0n) is 11.9. The fourth-order valence-corrected chi connectivity index (χ4v) is 2.07. The zero-order valence-corrected chi connectivity index (χ0v) is 11.9. The highest BCUT2D eigenvalue weighted by Gasteiger charge is 2.24. The molecule has 2 rings (SSSR count). The van der Waals surface area contributed by atoms with E-state index in [1.165, 1.54) is 0 Å². The molecule has 5 heteroatoms. The molecule has 0 unspecified atom stereocenters. The van der Waals surface area contributed by atoms with Gasteiger partial charge in [-0.15, -0.1) is 0 Å². The number of amides is 1. The molecule has 5 nitrogen and oxygen atoms in total. The molecule has 108 valence electrons. The number of carbonyl (C=O) groups is 2. The lowest BCUT2D eigenvalue weighted by Gasteiger charge is -2.29. The van der Waals surface area contributed by atoms with E-state index in [-0.39, 0.29) is 25.0 Å². The SMILES string of the molecule is CC(C)CCNC(=O)CN1CC(=O)Oc2ccccc21. The number of nitrogens with zero attached hydrogens (tertiary/aromatic N) is 1. The van der Waals surface area contributed by atoms with E-state index in [2.05, 4.69) is 19.2 Å². The van der Waals surface area contributed by atoms with Crippen molar-refractivity contribution in [1.29, 1.82) is 0 Å². The van der Waals surface area contributed by atoms with Crippen molar-refractivity contribution in [3.8, 4) is 5.75 Å². The van der Waals surface area contributed by atoms with Crippen LogP contribution < -0.4 is 15.0 Å². The van der Waals surface area contributed by atoms with Crippen molar-refractivity contribution in [3.05, 3.63) is 24.3 Å². The van der Waals surface area contributed by atoms with Crippen molar-refractivity contribution in [1.82, 2.24) is 5.32 Å². The second kappa shape index (κ2) is 6.41. The number of hydrogen-bond acceptors (Lipinski definition) is 4. The molecule has 1 heterocycles. The predicted molar refractivity (Wildman–Crippen MR) is 76.8 cm³/mol. The maximum absolute atomic E-state index is 11.9. The quantitative estimate of drug-likeness (QED) is 0.655. The summed E-state index contributed by atoms with van der Waals surface area (Å²) in [5.41, 5.74) is 0.783. The smallest absolute Gasteiger partial charge is 0.331 e. The first kappa shape index (κ1) is 14.4. The van der Waals surface area contributed by atoms with E-state index in [1.807, 2.05) is 12.1 Å². The van der Waals surface area contributed by atoms with Gasteiger partial charge in [0.1, 0.15) is 6.54 Å². The van der Waals surface area contributed by atoms with E-state index in [1.54, 1.807) is 17.0 Å². The van der Waals surface area contributed by atoms with E-state index in [0.29, 0.717) is 18.2 Å². The Balaban J connectivity index is 1.96. The number of benzene rings is 1. The van der Waals surface area contributed by atoms with Crippen LogP contribution in [0.5, 0.6) is 5.75 Å². The summed E-state index contributed by atoms with van der Waals surface area (Å²) in [6.45, 7) is 5.17. The zero-order chi connectivity index (χ0) is 14.5. The summed E-state index contributed by atoms with van der Waals surface area (Å²) in [6, 6.07) is 7.25. The van der Waals surface area contributed by atoms with Gasteiger partial charge in [-0.25, -0.2) is 4.79 Å². The topological polar surface area (TPSA) is 58.6 Å². The van der Waals surface area contributed by atoms with Crippen molar-refractivity contribution in [2.75, 3.05) is 24.5 Å². The highest BCUT2D eigenvalue weighted by atomic mass is 16.5. The molecule has 0 bridgehead atoms. The Morgan fingerprint density at radius 1 is 1.40 bits per heavy atom. The van der Waals surface area contributed by atoms with Crippen molar-refractivity contribution < 1.29 is 14.3 Å². The molecule has 0 aromatic heterocycles. The van der Waals surface area contributed by atoms with E-state index < -0.39 is 0 Å². The third kappa shape index (κ3) is 3.73. The number of hydrogen-bond donors (Lipinski definition) is 1. The van der Waals surface area contributed by atoms with E-state index in [9.17, 15) is 9.59 Å². The molecule has 0 saturated heterocycles. The summed E-state index contributed by atoms with van der Waals surface area (Å²) in [4.78, 5) is 25.2. The lowest BCUT2D eigenvalue weighted by molar-refractivity contribution is -0.133. The van der Waals surface area contributed by atoms with Crippen LogP contribution in [0.1, 0.15) is 20.3 Å². The molecule has 20 heavy (non-hydrogen) atoms. The van der Waals surface area contributed by atoms with Gasteiger partial charge in [-0.1, -0.05) is 26.0 Å². The first-order valence-electron chi connectivity index (χ1n) is 6.87. The van der Waals surface area contributed by atoms with Crippen LogP contribution in [0.2, 0.25) is 0 Å². The summed E-state index contributed by atoms with van der Waals surface area (Å²) < 4.78 is 5.14. The Bertz CT molecular complexity index is 500. The molecule has 1 aromatic rings. The molecular formula is C15H20N2O3. The molecular weight excluding hydrogens is 256 g/mol. The van der Waals surface area contributed by atoms with E-state index >= 15 is 0 Å². The summed E-state index contributed by atoms with van der Waals surface area (Å²) in [5, 5.41) is 2.87. The minimum absolute atomic E-state index is 0.0739. The first-order chi connectivity index (χ1) is 9.56. The summed E-state index contributed by atoms with van der Waals surface area (Å²) in [6.07, 6.45) is 0.949. The van der Waals surface area contributed by atoms with Crippen LogP contribution in [-0.4, -0.2) is 31.5 Å². The van der Waals surface area contributed by atoms with Crippen molar-refractivity contribution in [2.45, 2.75) is 20.3 Å². The van der Waals surface area contributed by atoms with Gasteiger partial charge in [0, 0.05) is 6.54 Å². The van der Waals surface area contributed by atoms with E-state index in [4.69, 9.17) is 4.74 Å². The van der Waals surface area contributed by atoms with Crippen LogP contribution in [0.4, 0.5) is 5.69 Å². The van der Waals surface area contributed by atoms with Crippen molar-refractivity contribution in [3.63, 3.8) is 0 Å². The van der Waals surface area contributed by atoms with Crippen LogP contribution in [0.25, 0.3) is 0 Å². The predicted octanol–water partition coefficient (Wildman–Crippen LogP) is 1.57. The lowest BCUT2D eigenvalue weighted by atomic mass is 10.1. The summed E-state index contributed by atoms with van der Waals surface area (Å²) in [5.74, 6) is 0.661. The Kier molecular flexibility index (Phi) is 4.61. The summed E-state index contributed by atoms with van der Waals surface area (Å²) in [7, 11) is 0. The number of anilines is 1. The number of para-hydroxylation sites is 2. The third-order valence-corrected chi connectivity index (χ3v) is 3.13.